The Hall–Kier alpha value is -3.20. The molecular formula is C23H24N2O6S. The molecule has 0 atom stereocenters. The van der Waals surface area contributed by atoms with E-state index in [1.54, 1.807) is 42.5 Å². The van der Waals surface area contributed by atoms with E-state index in [0.29, 0.717) is 40.9 Å². The van der Waals surface area contributed by atoms with Crippen molar-refractivity contribution in [3.8, 4) is 11.5 Å². The molecule has 1 N–H and O–H groups in total. The van der Waals surface area contributed by atoms with Gasteiger partial charge in [0.05, 0.1) is 11.3 Å². The summed E-state index contributed by atoms with van der Waals surface area (Å²) in [4.78, 5) is 39.6. The normalized spacial score (nSPS) is 14.7. The number of carbonyl (C=O) groups is 3. The summed E-state index contributed by atoms with van der Waals surface area (Å²) in [5.74, 6) is 0.422. The van der Waals surface area contributed by atoms with Gasteiger partial charge in [0.15, 0.2) is 18.1 Å². The third-order valence-electron chi connectivity index (χ3n) is 5.08. The summed E-state index contributed by atoms with van der Waals surface area (Å²) in [7, 11) is 0. The van der Waals surface area contributed by atoms with E-state index in [2.05, 4.69) is 5.32 Å². The average Bonchev–Trinajstić information content (AvgIpc) is 3.36. The fraction of sp³-hybridized carbons (Fsp3) is 0.348. The van der Waals surface area contributed by atoms with E-state index in [-0.39, 0.29) is 11.7 Å². The largest absolute Gasteiger partial charge is 0.486 e. The Bertz CT molecular complexity index is 1010. The number of fused-ring (bicyclic) bond motifs is 1. The molecular weight excluding hydrogens is 432 g/mol. The maximum atomic E-state index is 12.6. The number of nitrogens with zero attached hydrogens (tertiary/aromatic N) is 1. The van der Waals surface area contributed by atoms with Crippen molar-refractivity contribution in [2.45, 2.75) is 17.7 Å². The lowest BCUT2D eigenvalue weighted by Gasteiger charge is -2.19. The van der Waals surface area contributed by atoms with E-state index in [4.69, 9.17) is 14.2 Å². The topological polar surface area (TPSA) is 94.2 Å². The van der Waals surface area contributed by atoms with Crippen molar-refractivity contribution in [3.63, 3.8) is 0 Å². The van der Waals surface area contributed by atoms with Crippen molar-refractivity contribution < 1.29 is 28.6 Å². The molecule has 0 aliphatic carbocycles. The summed E-state index contributed by atoms with van der Waals surface area (Å²) in [6.07, 6.45) is 2.07. The predicted molar refractivity (Wildman–Crippen MR) is 119 cm³/mol. The Balaban J connectivity index is 1.30. The van der Waals surface area contributed by atoms with E-state index >= 15 is 0 Å². The second kappa shape index (κ2) is 10.4. The van der Waals surface area contributed by atoms with E-state index < -0.39 is 18.5 Å². The van der Waals surface area contributed by atoms with Gasteiger partial charge in [0.2, 0.25) is 5.91 Å². The zero-order valence-corrected chi connectivity index (χ0v) is 18.3. The molecule has 0 aromatic heterocycles. The molecule has 168 valence electrons. The molecule has 32 heavy (non-hydrogen) atoms. The molecule has 0 bridgehead atoms. The molecule has 9 heteroatoms. The average molecular weight is 457 g/mol. The van der Waals surface area contributed by atoms with Crippen LogP contribution in [0.25, 0.3) is 0 Å². The highest BCUT2D eigenvalue weighted by Gasteiger charge is 2.20. The molecule has 0 saturated carbocycles. The van der Waals surface area contributed by atoms with Crippen LogP contribution in [0.2, 0.25) is 0 Å². The van der Waals surface area contributed by atoms with Crippen molar-refractivity contribution in [1.82, 2.24) is 4.90 Å². The van der Waals surface area contributed by atoms with E-state index in [9.17, 15) is 14.4 Å². The molecule has 2 aliphatic rings. The maximum absolute atomic E-state index is 12.6. The molecule has 2 heterocycles. The molecule has 2 aromatic rings. The first-order valence-electron chi connectivity index (χ1n) is 10.5. The quantitative estimate of drug-likeness (QED) is 0.506. The van der Waals surface area contributed by atoms with Gasteiger partial charge >= 0.3 is 5.97 Å². The first-order valence-corrected chi connectivity index (χ1v) is 11.4. The second-order valence-electron chi connectivity index (χ2n) is 7.36. The van der Waals surface area contributed by atoms with Crippen LogP contribution < -0.4 is 14.8 Å². The fourth-order valence-electron chi connectivity index (χ4n) is 3.49. The van der Waals surface area contributed by atoms with Crippen LogP contribution in [0.4, 0.5) is 5.69 Å². The Kier molecular flexibility index (Phi) is 7.16. The maximum Gasteiger partial charge on any atom is 0.339 e. The van der Waals surface area contributed by atoms with Crippen molar-refractivity contribution >= 4 is 35.2 Å². The predicted octanol–water partition coefficient (Wildman–Crippen LogP) is 2.97. The van der Waals surface area contributed by atoms with Crippen molar-refractivity contribution in [2.24, 2.45) is 0 Å². The van der Waals surface area contributed by atoms with Crippen molar-refractivity contribution in [2.75, 3.05) is 44.0 Å². The monoisotopic (exact) mass is 456 g/mol. The number of amides is 2. The van der Waals surface area contributed by atoms with Crippen LogP contribution in [0.1, 0.15) is 23.2 Å². The second-order valence-corrected chi connectivity index (χ2v) is 8.37. The molecule has 1 fully saturated rings. The Morgan fingerprint density at radius 1 is 1.00 bits per heavy atom. The van der Waals surface area contributed by atoms with Crippen molar-refractivity contribution in [3.05, 3.63) is 48.0 Å². The zero-order valence-electron chi connectivity index (χ0n) is 17.5. The van der Waals surface area contributed by atoms with Crippen LogP contribution in [0.5, 0.6) is 11.5 Å². The van der Waals surface area contributed by atoms with Crippen LogP contribution in [-0.2, 0) is 14.3 Å². The molecule has 0 unspecified atom stereocenters. The van der Waals surface area contributed by atoms with Gasteiger partial charge in [-0.1, -0.05) is 12.1 Å². The van der Waals surface area contributed by atoms with Crippen LogP contribution in [0, 0.1) is 0 Å². The molecule has 8 nitrogen and oxygen atoms in total. The number of hydrogen-bond donors (Lipinski definition) is 1. The van der Waals surface area contributed by atoms with Crippen LogP contribution in [0.15, 0.2) is 47.4 Å². The lowest BCUT2D eigenvalue weighted by atomic mass is 10.2. The first kappa shape index (κ1) is 22.0. The van der Waals surface area contributed by atoms with Gasteiger partial charge in [-0.3, -0.25) is 9.59 Å². The smallest absolute Gasteiger partial charge is 0.339 e. The number of ether oxygens (including phenoxy) is 3. The zero-order chi connectivity index (χ0) is 22.3. The fourth-order valence-corrected chi connectivity index (χ4v) is 4.43. The third kappa shape index (κ3) is 5.53. The minimum atomic E-state index is -0.612. The molecule has 2 amide bonds. The molecule has 0 spiro atoms. The third-order valence-corrected chi connectivity index (χ3v) is 6.14. The van der Waals surface area contributed by atoms with Crippen LogP contribution in [0.3, 0.4) is 0 Å². The molecule has 0 radical (unpaired) electrons. The van der Waals surface area contributed by atoms with E-state index in [0.717, 1.165) is 25.9 Å². The standard InChI is InChI=1S/C23H24N2O6S/c26-21(24-16-7-8-18-19(13-16)30-12-11-29-18)14-31-23(28)17-5-1-2-6-20(17)32-15-22(27)25-9-3-4-10-25/h1-2,5-8,13H,3-4,9-12,14-15H2,(H,24,26). The molecule has 2 aromatic carbocycles. The number of anilines is 1. The highest BCUT2D eigenvalue weighted by atomic mass is 32.2. The summed E-state index contributed by atoms with van der Waals surface area (Å²) in [6.45, 7) is 2.09. The number of likely N-dealkylation sites (tertiary alicyclic amines) is 1. The number of esters is 1. The summed E-state index contributed by atoms with van der Waals surface area (Å²) in [6, 6.07) is 12.0. The van der Waals surface area contributed by atoms with Crippen LogP contribution >= 0.6 is 11.8 Å². The summed E-state index contributed by atoms with van der Waals surface area (Å²) in [5.41, 5.74) is 0.852. The summed E-state index contributed by atoms with van der Waals surface area (Å²) >= 11 is 1.30. The Labute approximate surface area is 190 Å². The van der Waals surface area contributed by atoms with Gasteiger partial charge < -0.3 is 24.4 Å². The summed E-state index contributed by atoms with van der Waals surface area (Å²) < 4.78 is 16.2. The van der Waals surface area contributed by atoms with E-state index in [1.165, 1.54) is 11.8 Å². The van der Waals surface area contributed by atoms with Crippen LogP contribution in [-0.4, -0.2) is 61.3 Å². The summed E-state index contributed by atoms with van der Waals surface area (Å²) in [5, 5.41) is 2.68. The van der Waals surface area contributed by atoms with Gasteiger partial charge in [-0.2, -0.15) is 0 Å². The SMILES string of the molecule is O=C(COC(=O)c1ccccc1SCC(=O)N1CCCC1)Nc1ccc2c(c1)OCCO2. The molecule has 4 rings (SSSR count). The molecule has 2 aliphatic heterocycles. The number of carbonyl (C=O) groups excluding carboxylic acids is 3. The first-order chi connectivity index (χ1) is 15.6. The molecule has 1 saturated heterocycles. The van der Waals surface area contributed by atoms with Crippen molar-refractivity contribution in [1.29, 1.82) is 0 Å². The van der Waals surface area contributed by atoms with E-state index in [1.807, 2.05) is 4.90 Å². The highest BCUT2D eigenvalue weighted by molar-refractivity contribution is 8.00. The van der Waals surface area contributed by atoms with Gasteiger partial charge in [0.25, 0.3) is 5.91 Å². The highest BCUT2D eigenvalue weighted by Crippen LogP contribution is 2.32. The number of benzene rings is 2. The number of rotatable bonds is 7. The Morgan fingerprint density at radius 3 is 2.56 bits per heavy atom. The lowest BCUT2D eigenvalue weighted by Crippen LogP contribution is -2.29. The minimum Gasteiger partial charge on any atom is -0.486 e. The minimum absolute atomic E-state index is 0.0643. The van der Waals surface area contributed by atoms with Gasteiger partial charge in [-0.05, 0) is 37.1 Å². The van der Waals surface area contributed by atoms with Gasteiger partial charge in [-0.25, -0.2) is 4.79 Å². The number of hydrogen-bond acceptors (Lipinski definition) is 7. The van der Waals surface area contributed by atoms with Gasteiger partial charge in [-0.15, -0.1) is 11.8 Å². The lowest BCUT2D eigenvalue weighted by molar-refractivity contribution is -0.127. The Morgan fingerprint density at radius 2 is 1.75 bits per heavy atom. The van der Waals surface area contributed by atoms with Gasteiger partial charge in [0.1, 0.15) is 13.2 Å². The number of nitrogens with one attached hydrogen (secondary N) is 1. The number of thioether (sulfide) groups is 1. The van der Waals surface area contributed by atoms with Gasteiger partial charge in [0, 0.05) is 29.7 Å².